The predicted octanol–water partition coefficient (Wildman–Crippen LogP) is 1.66. The highest BCUT2D eigenvalue weighted by atomic mass is 32.1. The van der Waals surface area contributed by atoms with Crippen LogP contribution in [0.2, 0.25) is 0 Å². The number of rotatable bonds is 1. The van der Waals surface area contributed by atoms with Gasteiger partial charge < -0.3 is 10.2 Å². The lowest BCUT2D eigenvalue weighted by atomic mass is 9.90. The summed E-state index contributed by atoms with van der Waals surface area (Å²) in [6.45, 7) is 12.7. The Morgan fingerprint density at radius 3 is 2.68 bits per heavy atom. The second-order valence-electron chi connectivity index (χ2n) is 6.65. The van der Waals surface area contributed by atoms with Crippen molar-refractivity contribution < 1.29 is 4.79 Å². The first-order chi connectivity index (χ1) is 8.73. The van der Waals surface area contributed by atoms with Gasteiger partial charge in [-0.05, 0) is 25.4 Å². The molecule has 1 aliphatic heterocycles. The number of aromatic nitrogens is 2. The van der Waals surface area contributed by atoms with Gasteiger partial charge in [0.25, 0.3) is 5.91 Å². The van der Waals surface area contributed by atoms with Crippen LogP contribution in [0.5, 0.6) is 0 Å². The molecule has 2 heterocycles. The first-order valence-corrected chi connectivity index (χ1v) is 7.36. The van der Waals surface area contributed by atoms with Crippen molar-refractivity contribution in [2.24, 2.45) is 0 Å². The van der Waals surface area contributed by atoms with Crippen LogP contribution in [-0.2, 0) is 5.41 Å². The molecule has 2 rings (SSSR count). The van der Waals surface area contributed by atoms with Gasteiger partial charge in [-0.2, -0.15) is 0 Å². The molecule has 0 aliphatic carbocycles. The molecule has 19 heavy (non-hydrogen) atoms. The third-order valence-corrected chi connectivity index (χ3v) is 4.15. The Balaban J connectivity index is 2.32. The minimum atomic E-state index is -0.172. The zero-order valence-corrected chi connectivity index (χ0v) is 13.1. The highest BCUT2D eigenvalue weighted by Gasteiger charge is 2.37. The van der Waals surface area contributed by atoms with Gasteiger partial charge in [-0.25, -0.2) is 0 Å². The van der Waals surface area contributed by atoms with E-state index >= 15 is 0 Å². The van der Waals surface area contributed by atoms with E-state index in [9.17, 15) is 4.79 Å². The molecule has 1 aliphatic rings. The summed E-state index contributed by atoms with van der Waals surface area (Å²) in [6, 6.07) is 0. The zero-order chi connectivity index (χ0) is 14.3. The fraction of sp³-hybridized carbons (Fsp3) is 0.769. The summed E-state index contributed by atoms with van der Waals surface area (Å²) in [5.74, 6) is 0.0615. The summed E-state index contributed by atoms with van der Waals surface area (Å²) in [4.78, 5) is 15.4. The van der Waals surface area contributed by atoms with Crippen molar-refractivity contribution in [3.05, 3.63) is 10.6 Å². The Hall–Kier alpha value is -1.01. The van der Waals surface area contributed by atoms with E-state index in [0.717, 1.165) is 25.3 Å². The Morgan fingerprint density at radius 1 is 1.42 bits per heavy atom. The van der Waals surface area contributed by atoms with Crippen molar-refractivity contribution in [2.75, 3.05) is 19.6 Å². The van der Waals surface area contributed by atoms with E-state index in [2.05, 4.69) is 49.5 Å². The highest BCUT2D eigenvalue weighted by Crippen LogP contribution is 2.29. The molecule has 1 N–H and O–H groups in total. The third kappa shape index (κ3) is 2.79. The average molecular weight is 282 g/mol. The summed E-state index contributed by atoms with van der Waals surface area (Å²) < 4.78 is 3.98. The predicted molar refractivity (Wildman–Crippen MR) is 76.6 cm³/mol. The molecule has 1 saturated heterocycles. The fourth-order valence-corrected chi connectivity index (χ4v) is 3.13. The van der Waals surface area contributed by atoms with Crippen LogP contribution in [0.3, 0.4) is 0 Å². The van der Waals surface area contributed by atoms with E-state index in [0.29, 0.717) is 4.88 Å². The van der Waals surface area contributed by atoms with Crippen molar-refractivity contribution in [3.63, 3.8) is 0 Å². The molecule has 6 heteroatoms. The molecule has 0 spiro atoms. The highest BCUT2D eigenvalue weighted by molar-refractivity contribution is 7.08. The number of carbonyl (C=O) groups is 1. The van der Waals surface area contributed by atoms with E-state index in [-0.39, 0.29) is 16.9 Å². The summed E-state index contributed by atoms with van der Waals surface area (Å²) in [5, 5.41) is 7.48. The van der Waals surface area contributed by atoms with Gasteiger partial charge in [-0.1, -0.05) is 25.3 Å². The number of piperazine rings is 1. The molecule has 0 saturated carbocycles. The van der Waals surface area contributed by atoms with E-state index in [4.69, 9.17) is 0 Å². The number of hydrogen-bond donors (Lipinski definition) is 1. The molecular formula is C13H22N4OS. The molecule has 0 unspecified atom stereocenters. The van der Waals surface area contributed by atoms with Gasteiger partial charge in [0.2, 0.25) is 0 Å². The minimum absolute atomic E-state index is 0.0615. The van der Waals surface area contributed by atoms with E-state index < -0.39 is 0 Å². The molecule has 106 valence electrons. The second kappa shape index (κ2) is 4.83. The Kier molecular flexibility index (Phi) is 3.66. The van der Waals surface area contributed by atoms with Crippen LogP contribution in [0.25, 0.3) is 0 Å². The van der Waals surface area contributed by atoms with Crippen molar-refractivity contribution in [1.29, 1.82) is 0 Å². The fourth-order valence-electron chi connectivity index (χ4n) is 2.30. The maximum atomic E-state index is 12.8. The van der Waals surface area contributed by atoms with Gasteiger partial charge in [0, 0.05) is 25.0 Å². The SMILES string of the molecule is CC(C)(C)c1nnsc1C(=O)N1CCNCC1(C)C. The van der Waals surface area contributed by atoms with E-state index in [1.165, 1.54) is 11.5 Å². The Morgan fingerprint density at radius 2 is 2.11 bits per heavy atom. The van der Waals surface area contributed by atoms with Crippen molar-refractivity contribution >= 4 is 17.4 Å². The van der Waals surface area contributed by atoms with Gasteiger partial charge in [0.1, 0.15) is 4.88 Å². The number of carbonyl (C=O) groups excluding carboxylic acids is 1. The first kappa shape index (κ1) is 14.4. The van der Waals surface area contributed by atoms with Gasteiger partial charge >= 0.3 is 0 Å². The summed E-state index contributed by atoms with van der Waals surface area (Å²) >= 11 is 1.21. The molecule has 1 aromatic rings. The van der Waals surface area contributed by atoms with Crippen molar-refractivity contribution in [2.45, 2.75) is 45.6 Å². The largest absolute Gasteiger partial charge is 0.330 e. The average Bonchev–Trinajstić information content (AvgIpc) is 2.76. The summed E-state index contributed by atoms with van der Waals surface area (Å²) in [7, 11) is 0. The quantitative estimate of drug-likeness (QED) is 0.851. The summed E-state index contributed by atoms with van der Waals surface area (Å²) in [5.41, 5.74) is 0.474. The number of nitrogens with one attached hydrogen (secondary N) is 1. The standard InChI is InChI=1S/C13H22N4OS/c1-12(2,3)10-9(19-16-15-10)11(18)17-7-6-14-8-13(17,4)5/h14H,6-8H2,1-5H3. The monoisotopic (exact) mass is 282 g/mol. The summed E-state index contributed by atoms with van der Waals surface area (Å²) in [6.07, 6.45) is 0. The number of hydrogen-bond acceptors (Lipinski definition) is 5. The van der Waals surface area contributed by atoms with Crippen LogP contribution in [0.15, 0.2) is 0 Å². The second-order valence-corrected chi connectivity index (χ2v) is 7.40. The van der Waals surface area contributed by atoms with Crippen LogP contribution in [0, 0.1) is 0 Å². The molecule has 1 aromatic heterocycles. The first-order valence-electron chi connectivity index (χ1n) is 6.59. The van der Waals surface area contributed by atoms with Crippen LogP contribution in [0.1, 0.15) is 50.0 Å². The normalized spacial score (nSPS) is 19.5. The third-order valence-electron chi connectivity index (χ3n) is 3.44. The molecule has 0 aromatic carbocycles. The molecular weight excluding hydrogens is 260 g/mol. The molecule has 1 amide bonds. The topological polar surface area (TPSA) is 58.1 Å². The smallest absolute Gasteiger partial charge is 0.268 e. The Labute approximate surface area is 118 Å². The van der Waals surface area contributed by atoms with Crippen LogP contribution in [0.4, 0.5) is 0 Å². The molecule has 5 nitrogen and oxygen atoms in total. The lowest BCUT2D eigenvalue weighted by molar-refractivity contribution is 0.0480. The van der Waals surface area contributed by atoms with Gasteiger partial charge in [-0.3, -0.25) is 4.79 Å². The molecule has 0 radical (unpaired) electrons. The molecule has 1 fully saturated rings. The number of nitrogens with zero attached hydrogens (tertiary/aromatic N) is 3. The van der Waals surface area contributed by atoms with Crippen LogP contribution < -0.4 is 5.32 Å². The van der Waals surface area contributed by atoms with E-state index in [1.54, 1.807) is 0 Å². The van der Waals surface area contributed by atoms with Crippen molar-refractivity contribution in [3.8, 4) is 0 Å². The van der Waals surface area contributed by atoms with Crippen molar-refractivity contribution in [1.82, 2.24) is 19.8 Å². The lowest BCUT2D eigenvalue weighted by Crippen LogP contribution is -2.59. The molecule has 0 bridgehead atoms. The molecule has 0 atom stereocenters. The Bertz CT molecular complexity index is 475. The van der Waals surface area contributed by atoms with Gasteiger partial charge in [-0.15, -0.1) is 5.10 Å². The van der Waals surface area contributed by atoms with E-state index in [1.807, 2.05) is 4.90 Å². The minimum Gasteiger partial charge on any atom is -0.330 e. The van der Waals surface area contributed by atoms with Gasteiger partial charge in [0.05, 0.1) is 11.2 Å². The maximum absolute atomic E-state index is 12.8. The lowest BCUT2D eigenvalue weighted by Gasteiger charge is -2.42. The van der Waals surface area contributed by atoms with Crippen LogP contribution >= 0.6 is 11.5 Å². The zero-order valence-electron chi connectivity index (χ0n) is 12.3. The number of amides is 1. The van der Waals surface area contributed by atoms with Gasteiger partial charge in [0.15, 0.2) is 0 Å². The maximum Gasteiger partial charge on any atom is 0.268 e. The van der Waals surface area contributed by atoms with Crippen LogP contribution in [-0.4, -0.2) is 45.6 Å².